The fraction of sp³-hybridized carbons (Fsp3) is 0.520. The molecule has 2 aromatic rings. The van der Waals surface area contributed by atoms with Gasteiger partial charge in [0.25, 0.3) is 0 Å². The Balaban J connectivity index is 1.50. The zero-order valence-corrected chi connectivity index (χ0v) is 21.4. The van der Waals surface area contributed by atoms with Crippen LogP contribution in [0.15, 0.2) is 30.6 Å². The third kappa shape index (κ3) is 6.32. The molecular weight excluding hydrogens is 509 g/mol. The second-order valence-electron chi connectivity index (χ2n) is 9.62. The van der Waals surface area contributed by atoms with E-state index in [0.29, 0.717) is 44.2 Å². The lowest BCUT2D eigenvalue weighted by Crippen LogP contribution is -2.51. The predicted molar refractivity (Wildman–Crippen MR) is 135 cm³/mol. The van der Waals surface area contributed by atoms with Gasteiger partial charge >= 0.3 is 6.18 Å². The number of hydrogen-bond donors (Lipinski definition) is 2. The lowest BCUT2D eigenvalue weighted by atomic mass is 9.91. The molecule has 0 saturated carbocycles. The van der Waals surface area contributed by atoms with Gasteiger partial charge in [-0.1, -0.05) is 37.6 Å². The number of carbonyl (C=O) groups excluding carboxylic acids is 2. The highest BCUT2D eigenvalue weighted by atomic mass is 35.5. The van der Waals surface area contributed by atoms with Crippen LogP contribution in [0.25, 0.3) is 0 Å². The highest BCUT2D eigenvalue weighted by Crippen LogP contribution is 2.46. The molecule has 2 amide bonds. The molecule has 2 N–H and O–H groups in total. The Morgan fingerprint density at radius 2 is 1.84 bits per heavy atom. The second-order valence-corrected chi connectivity index (χ2v) is 10.1. The molecule has 2 atom stereocenters. The maximum absolute atomic E-state index is 13.8. The molecule has 1 fully saturated rings. The number of anilines is 2. The van der Waals surface area contributed by atoms with E-state index in [2.05, 4.69) is 20.6 Å². The molecule has 12 heteroatoms. The lowest BCUT2D eigenvalue weighted by molar-refractivity contribution is -0.156. The molecule has 0 aliphatic carbocycles. The van der Waals surface area contributed by atoms with Crippen LogP contribution in [0.4, 0.5) is 24.8 Å². The number of halogens is 4. The molecule has 1 aromatic carbocycles. The molecule has 200 valence electrons. The number of amides is 2. The zero-order valence-electron chi connectivity index (χ0n) is 20.7. The predicted octanol–water partition coefficient (Wildman–Crippen LogP) is 3.94. The molecule has 0 radical (unpaired) electrons. The van der Waals surface area contributed by atoms with Crippen molar-refractivity contribution in [2.75, 3.05) is 42.9 Å². The fourth-order valence-corrected chi connectivity index (χ4v) is 4.94. The minimum Gasteiger partial charge on any atom is -0.353 e. The Morgan fingerprint density at radius 3 is 2.46 bits per heavy atom. The molecule has 0 unspecified atom stereocenters. The van der Waals surface area contributed by atoms with Gasteiger partial charge in [-0.2, -0.15) is 13.2 Å². The zero-order chi connectivity index (χ0) is 26.7. The van der Waals surface area contributed by atoms with Gasteiger partial charge < -0.3 is 20.4 Å². The number of benzene rings is 1. The topological polar surface area (TPSA) is 90.5 Å². The molecular formula is C25H30ClF3N6O2. The third-order valence-electron chi connectivity index (χ3n) is 6.70. The molecule has 37 heavy (non-hydrogen) atoms. The van der Waals surface area contributed by atoms with E-state index < -0.39 is 24.4 Å². The minimum atomic E-state index is -4.61. The number of nitrogens with zero attached hydrogens (tertiary/aromatic N) is 4. The highest BCUT2D eigenvalue weighted by molar-refractivity contribution is 6.30. The van der Waals surface area contributed by atoms with Crippen LogP contribution < -0.4 is 15.5 Å². The van der Waals surface area contributed by atoms with Crippen molar-refractivity contribution in [2.24, 2.45) is 0 Å². The molecule has 0 spiro atoms. The van der Waals surface area contributed by atoms with E-state index in [4.69, 9.17) is 11.6 Å². The summed E-state index contributed by atoms with van der Waals surface area (Å²) in [6, 6.07) is 7.52. The van der Waals surface area contributed by atoms with E-state index in [0.717, 1.165) is 11.9 Å². The van der Waals surface area contributed by atoms with Gasteiger partial charge in [0.15, 0.2) is 0 Å². The summed E-state index contributed by atoms with van der Waals surface area (Å²) in [4.78, 5) is 37.0. The minimum absolute atomic E-state index is 0.0299. The van der Waals surface area contributed by atoms with E-state index in [1.165, 1.54) is 0 Å². The van der Waals surface area contributed by atoms with Crippen LogP contribution >= 0.6 is 11.6 Å². The number of alkyl halides is 3. The first-order valence-corrected chi connectivity index (χ1v) is 12.7. The fourth-order valence-electron chi connectivity index (χ4n) is 4.81. The number of hydrogen-bond acceptors (Lipinski definition) is 6. The average molecular weight is 539 g/mol. The van der Waals surface area contributed by atoms with E-state index in [9.17, 15) is 22.8 Å². The molecule has 8 nitrogen and oxygen atoms in total. The maximum Gasteiger partial charge on any atom is 0.396 e. The Morgan fingerprint density at radius 1 is 1.16 bits per heavy atom. The van der Waals surface area contributed by atoms with Crippen molar-refractivity contribution in [3.05, 3.63) is 46.7 Å². The van der Waals surface area contributed by atoms with E-state index in [1.54, 1.807) is 21.9 Å². The molecule has 2 aliphatic rings. The number of aromatic nitrogens is 2. The molecule has 1 saturated heterocycles. The van der Waals surface area contributed by atoms with Gasteiger partial charge in [-0.25, -0.2) is 9.97 Å². The molecule has 1 aromatic heterocycles. The van der Waals surface area contributed by atoms with Crippen LogP contribution in [0, 0.1) is 0 Å². The second kappa shape index (κ2) is 11.2. The summed E-state index contributed by atoms with van der Waals surface area (Å²) >= 11 is 6.04. The van der Waals surface area contributed by atoms with Crippen LogP contribution in [-0.2, 0) is 9.59 Å². The van der Waals surface area contributed by atoms with Crippen molar-refractivity contribution in [1.29, 1.82) is 0 Å². The summed E-state index contributed by atoms with van der Waals surface area (Å²) in [7, 11) is 0. The van der Waals surface area contributed by atoms with Crippen molar-refractivity contribution in [2.45, 2.75) is 50.7 Å². The van der Waals surface area contributed by atoms with Gasteiger partial charge in [0, 0.05) is 43.7 Å². The first kappa shape index (κ1) is 27.1. The van der Waals surface area contributed by atoms with Crippen LogP contribution in [0.2, 0.25) is 5.02 Å². The first-order valence-electron chi connectivity index (χ1n) is 12.3. The lowest BCUT2D eigenvalue weighted by Gasteiger charge is -2.39. The van der Waals surface area contributed by atoms with Gasteiger partial charge in [0.2, 0.25) is 11.8 Å². The number of piperazine rings is 1. The summed E-state index contributed by atoms with van der Waals surface area (Å²) in [6.45, 7) is 6.04. The van der Waals surface area contributed by atoms with Crippen molar-refractivity contribution in [3.63, 3.8) is 0 Å². The van der Waals surface area contributed by atoms with Crippen LogP contribution in [-0.4, -0.2) is 71.6 Å². The quantitative estimate of drug-likeness (QED) is 0.555. The van der Waals surface area contributed by atoms with Gasteiger partial charge in [-0.3, -0.25) is 9.59 Å². The highest BCUT2D eigenvalue weighted by Gasteiger charge is 2.48. The first-order chi connectivity index (χ1) is 17.5. The number of fused-ring (bicyclic) bond motifs is 1. The SMILES string of the molecule is CC(C)NCC[C@@H](C(=O)N1CCN(c2ncnc3c2[C@@H](C(F)(F)F)CC(=O)N3)CC1)c1ccc(Cl)cc1. The van der Waals surface area contributed by atoms with Gasteiger partial charge in [0.1, 0.15) is 18.0 Å². The van der Waals surface area contributed by atoms with E-state index >= 15 is 0 Å². The monoisotopic (exact) mass is 538 g/mol. The van der Waals surface area contributed by atoms with Gasteiger partial charge in [-0.05, 0) is 30.7 Å². The van der Waals surface area contributed by atoms with Crippen molar-refractivity contribution in [1.82, 2.24) is 20.2 Å². The number of rotatable bonds is 7. The van der Waals surface area contributed by atoms with E-state index in [-0.39, 0.29) is 35.1 Å². The Hall–Kier alpha value is -2.92. The Labute approximate surface area is 218 Å². The van der Waals surface area contributed by atoms with Gasteiger partial charge in [0.05, 0.1) is 17.4 Å². The summed E-state index contributed by atoms with van der Waals surface area (Å²) < 4.78 is 41.4. The van der Waals surface area contributed by atoms with Crippen LogP contribution in [0.1, 0.15) is 49.7 Å². The van der Waals surface area contributed by atoms with Crippen LogP contribution in [0.3, 0.4) is 0 Å². The normalized spacial score (nSPS) is 19.0. The Bertz CT molecular complexity index is 1120. The van der Waals surface area contributed by atoms with Crippen molar-refractivity contribution < 1.29 is 22.8 Å². The summed E-state index contributed by atoms with van der Waals surface area (Å²) in [5.41, 5.74) is 0.754. The molecule has 4 rings (SSSR count). The average Bonchev–Trinajstić information content (AvgIpc) is 2.85. The molecule has 2 aliphatic heterocycles. The van der Waals surface area contributed by atoms with Gasteiger partial charge in [-0.15, -0.1) is 0 Å². The molecule has 0 bridgehead atoms. The smallest absolute Gasteiger partial charge is 0.353 e. The Kier molecular flexibility index (Phi) is 8.23. The van der Waals surface area contributed by atoms with Crippen LogP contribution in [0.5, 0.6) is 0 Å². The summed E-state index contributed by atoms with van der Waals surface area (Å²) in [5.74, 6) is -3.06. The standard InChI is InChI=1S/C25H30ClF3N6O2/c1-15(2)30-8-7-18(16-3-5-17(26)6-4-16)24(37)35-11-9-34(10-12-35)23-21-19(25(27,28)29)13-20(36)33-22(21)31-14-32-23/h3-6,14-15,18-19,30H,7-13H2,1-2H3,(H,31,32,33,36)/t18-,19+/m1/s1. The summed E-state index contributed by atoms with van der Waals surface area (Å²) in [5, 5.41) is 6.38. The van der Waals surface area contributed by atoms with Crippen molar-refractivity contribution >= 4 is 35.1 Å². The van der Waals surface area contributed by atoms with Crippen molar-refractivity contribution in [3.8, 4) is 0 Å². The third-order valence-corrected chi connectivity index (χ3v) is 6.95. The largest absolute Gasteiger partial charge is 0.396 e. The molecule has 3 heterocycles. The number of carbonyl (C=O) groups is 2. The number of nitrogens with one attached hydrogen (secondary N) is 2. The maximum atomic E-state index is 13.8. The van der Waals surface area contributed by atoms with E-state index in [1.807, 2.05) is 26.0 Å². The summed E-state index contributed by atoms with van der Waals surface area (Å²) in [6.07, 6.45) is -3.56.